The number of carbonyl (C=O) groups is 1. The highest BCUT2D eigenvalue weighted by Gasteiger charge is 2.07. The molecule has 5 heteroatoms. The van der Waals surface area contributed by atoms with E-state index in [4.69, 9.17) is 14.4 Å². The molecule has 0 spiro atoms. The van der Waals surface area contributed by atoms with Crippen LogP contribution in [-0.4, -0.2) is 11.1 Å². The van der Waals surface area contributed by atoms with E-state index >= 15 is 0 Å². The lowest BCUT2D eigenvalue weighted by atomic mass is 10.2. The highest BCUT2D eigenvalue weighted by Crippen LogP contribution is 2.07. The molecular formula is C13H13NO4. The third-order valence-corrected chi connectivity index (χ3v) is 2.33. The zero-order valence-corrected chi connectivity index (χ0v) is 9.63. The molecule has 0 saturated carbocycles. The van der Waals surface area contributed by atoms with Gasteiger partial charge in [0.25, 0.3) is 0 Å². The lowest BCUT2D eigenvalue weighted by Gasteiger charge is -2.03. The number of nitrogens with one attached hydrogen (secondary N) is 1. The van der Waals surface area contributed by atoms with Gasteiger partial charge in [-0.15, -0.1) is 0 Å². The number of benzene rings is 1. The molecule has 0 bridgehead atoms. The number of aromatic carboxylic acids is 1. The number of carboxylic acid groups (broad SMARTS) is 1. The summed E-state index contributed by atoms with van der Waals surface area (Å²) in [7, 11) is 0. The predicted octanol–water partition coefficient (Wildman–Crippen LogP) is 2.20. The molecule has 1 aromatic carbocycles. The van der Waals surface area contributed by atoms with Crippen LogP contribution in [0.3, 0.4) is 0 Å². The van der Waals surface area contributed by atoms with Crippen molar-refractivity contribution in [1.82, 2.24) is 5.48 Å². The van der Waals surface area contributed by atoms with Crippen molar-refractivity contribution in [1.29, 1.82) is 0 Å². The lowest BCUT2D eigenvalue weighted by Crippen LogP contribution is -2.13. The molecule has 0 atom stereocenters. The summed E-state index contributed by atoms with van der Waals surface area (Å²) in [5, 5.41) is 8.71. The Morgan fingerprint density at radius 3 is 2.78 bits per heavy atom. The van der Waals surface area contributed by atoms with Crippen LogP contribution >= 0.6 is 0 Å². The van der Waals surface area contributed by atoms with Crippen molar-refractivity contribution in [3.05, 3.63) is 59.5 Å². The molecule has 0 aliphatic rings. The van der Waals surface area contributed by atoms with E-state index in [1.54, 1.807) is 0 Å². The molecule has 0 unspecified atom stereocenters. The summed E-state index contributed by atoms with van der Waals surface area (Å²) >= 11 is 0. The summed E-state index contributed by atoms with van der Waals surface area (Å²) < 4.78 is 5.05. The zero-order valence-electron chi connectivity index (χ0n) is 9.63. The summed E-state index contributed by atoms with van der Waals surface area (Å²) in [4.78, 5) is 15.9. The molecule has 0 saturated heterocycles. The molecule has 0 radical (unpaired) electrons. The third kappa shape index (κ3) is 3.44. The molecule has 0 aliphatic carbocycles. The third-order valence-electron chi connectivity index (χ3n) is 2.33. The fourth-order valence-corrected chi connectivity index (χ4v) is 1.42. The topological polar surface area (TPSA) is 71.7 Å². The van der Waals surface area contributed by atoms with Gasteiger partial charge < -0.3 is 9.52 Å². The van der Waals surface area contributed by atoms with E-state index in [1.165, 1.54) is 12.3 Å². The SMILES string of the molecule is O=C(O)c1coc(CNOCc2ccccc2)c1. The van der Waals surface area contributed by atoms with Crippen LogP contribution in [0.25, 0.3) is 0 Å². The van der Waals surface area contributed by atoms with E-state index in [1.807, 2.05) is 30.3 Å². The van der Waals surface area contributed by atoms with E-state index in [2.05, 4.69) is 5.48 Å². The van der Waals surface area contributed by atoms with E-state index in [9.17, 15) is 4.79 Å². The number of hydrogen-bond acceptors (Lipinski definition) is 4. The Bertz CT molecular complexity index is 507. The lowest BCUT2D eigenvalue weighted by molar-refractivity contribution is 0.0202. The molecule has 1 heterocycles. The largest absolute Gasteiger partial charge is 0.478 e. The number of hydroxylamine groups is 1. The van der Waals surface area contributed by atoms with Gasteiger partial charge in [-0.2, -0.15) is 5.48 Å². The smallest absolute Gasteiger partial charge is 0.338 e. The van der Waals surface area contributed by atoms with Crippen molar-refractivity contribution in [3.8, 4) is 0 Å². The van der Waals surface area contributed by atoms with Gasteiger partial charge in [0.2, 0.25) is 0 Å². The molecule has 0 amide bonds. The second kappa shape index (κ2) is 6.00. The Labute approximate surface area is 104 Å². The standard InChI is InChI=1S/C13H13NO4/c15-13(16)11-6-12(17-9-11)7-14-18-8-10-4-2-1-3-5-10/h1-6,9,14H,7-8H2,(H,15,16). The van der Waals surface area contributed by atoms with Crippen molar-refractivity contribution < 1.29 is 19.2 Å². The molecular weight excluding hydrogens is 234 g/mol. The van der Waals surface area contributed by atoms with Gasteiger partial charge in [-0.25, -0.2) is 4.79 Å². The van der Waals surface area contributed by atoms with Gasteiger partial charge in [-0.05, 0) is 11.6 Å². The van der Waals surface area contributed by atoms with E-state index in [0.29, 0.717) is 18.9 Å². The maximum atomic E-state index is 10.6. The average Bonchev–Trinajstić information content (AvgIpc) is 2.85. The second-order valence-corrected chi connectivity index (χ2v) is 3.70. The molecule has 0 fully saturated rings. The fraction of sp³-hybridized carbons (Fsp3) is 0.154. The highest BCUT2D eigenvalue weighted by atomic mass is 16.6. The normalized spacial score (nSPS) is 10.4. The number of furan rings is 1. The van der Waals surface area contributed by atoms with Gasteiger partial charge in [0, 0.05) is 0 Å². The molecule has 2 aromatic rings. The zero-order chi connectivity index (χ0) is 12.8. The minimum atomic E-state index is -1.00. The first-order chi connectivity index (χ1) is 8.75. The second-order valence-electron chi connectivity index (χ2n) is 3.70. The Balaban J connectivity index is 1.73. The molecule has 2 rings (SSSR count). The van der Waals surface area contributed by atoms with Crippen LogP contribution in [0.2, 0.25) is 0 Å². The molecule has 2 N–H and O–H groups in total. The van der Waals surface area contributed by atoms with Gasteiger partial charge in [-0.1, -0.05) is 30.3 Å². The summed E-state index contributed by atoms with van der Waals surface area (Å²) in [6.07, 6.45) is 1.20. The van der Waals surface area contributed by atoms with E-state index in [0.717, 1.165) is 5.56 Å². The van der Waals surface area contributed by atoms with Crippen LogP contribution in [-0.2, 0) is 18.0 Å². The maximum absolute atomic E-state index is 10.6. The minimum Gasteiger partial charge on any atom is -0.478 e. The Morgan fingerprint density at radius 2 is 2.11 bits per heavy atom. The molecule has 1 aromatic heterocycles. The van der Waals surface area contributed by atoms with Crippen LogP contribution < -0.4 is 5.48 Å². The number of rotatable bonds is 6. The quantitative estimate of drug-likeness (QED) is 0.604. The van der Waals surface area contributed by atoms with Crippen LogP contribution in [0.4, 0.5) is 0 Å². The fourth-order valence-electron chi connectivity index (χ4n) is 1.42. The van der Waals surface area contributed by atoms with Gasteiger partial charge in [0.1, 0.15) is 12.0 Å². The molecule has 5 nitrogen and oxygen atoms in total. The molecule has 18 heavy (non-hydrogen) atoms. The van der Waals surface area contributed by atoms with E-state index in [-0.39, 0.29) is 5.56 Å². The summed E-state index contributed by atoms with van der Waals surface area (Å²) in [5.74, 6) is -0.490. The Kier molecular flexibility index (Phi) is 4.11. The highest BCUT2D eigenvalue weighted by molar-refractivity contribution is 5.87. The van der Waals surface area contributed by atoms with Crippen molar-refractivity contribution in [2.45, 2.75) is 13.2 Å². The minimum absolute atomic E-state index is 0.134. The number of carboxylic acids is 1. The van der Waals surface area contributed by atoms with Crippen molar-refractivity contribution in [3.63, 3.8) is 0 Å². The summed E-state index contributed by atoms with van der Waals surface area (Å²) in [6, 6.07) is 11.2. The maximum Gasteiger partial charge on any atom is 0.338 e. The summed E-state index contributed by atoms with van der Waals surface area (Å²) in [6.45, 7) is 0.757. The first-order valence-corrected chi connectivity index (χ1v) is 5.45. The van der Waals surface area contributed by atoms with E-state index < -0.39 is 5.97 Å². The Hall–Kier alpha value is -2.11. The van der Waals surface area contributed by atoms with Crippen molar-refractivity contribution >= 4 is 5.97 Å². The van der Waals surface area contributed by atoms with Crippen LogP contribution in [0.1, 0.15) is 21.7 Å². The van der Waals surface area contributed by atoms with Crippen molar-refractivity contribution in [2.24, 2.45) is 0 Å². The van der Waals surface area contributed by atoms with Gasteiger partial charge >= 0.3 is 5.97 Å². The average molecular weight is 247 g/mol. The van der Waals surface area contributed by atoms with Crippen LogP contribution in [0.5, 0.6) is 0 Å². The van der Waals surface area contributed by atoms with Crippen LogP contribution in [0.15, 0.2) is 47.1 Å². The monoisotopic (exact) mass is 247 g/mol. The molecule has 0 aliphatic heterocycles. The number of hydrogen-bond donors (Lipinski definition) is 2. The Morgan fingerprint density at radius 1 is 1.33 bits per heavy atom. The van der Waals surface area contributed by atoms with Crippen LogP contribution in [0, 0.1) is 0 Å². The van der Waals surface area contributed by atoms with Gasteiger partial charge in [-0.3, -0.25) is 4.84 Å². The molecule has 94 valence electrons. The van der Waals surface area contributed by atoms with Gasteiger partial charge in [0.05, 0.1) is 18.7 Å². The van der Waals surface area contributed by atoms with Gasteiger partial charge in [0.15, 0.2) is 0 Å². The first kappa shape index (κ1) is 12.3. The summed E-state index contributed by atoms with van der Waals surface area (Å²) in [5.41, 5.74) is 3.90. The first-order valence-electron chi connectivity index (χ1n) is 5.45. The van der Waals surface area contributed by atoms with Crippen molar-refractivity contribution in [2.75, 3.05) is 0 Å². The predicted molar refractivity (Wildman–Crippen MR) is 63.7 cm³/mol.